The Bertz CT molecular complexity index is 457. The van der Waals surface area contributed by atoms with Crippen molar-refractivity contribution >= 4 is 11.8 Å². The topological polar surface area (TPSA) is 40.6 Å². The summed E-state index contributed by atoms with van der Waals surface area (Å²) in [5.74, 6) is 1.58. The lowest BCUT2D eigenvalue weighted by molar-refractivity contribution is -0.147. The summed E-state index contributed by atoms with van der Waals surface area (Å²) >= 11 is 0. The standard InChI is InChI=1S/C24H44N2O2/c1-17(2)13-25(14-18(3)4)23(27)21-11-9-10-12-22(21)24(28)26(15-19(5)6)16-20(7)8/h9-10,17-22H,11-16H2,1-8H3. The van der Waals surface area contributed by atoms with Gasteiger partial charge in [0.1, 0.15) is 0 Å². The normalized spacial score (nSPS) is 19.7. The molecule has 0 saturated heterocycles. The van der Waals surface area contributed by atoms with Crippen LogP contribution in [0.3, 0.4) is 0 Å². The van der Waals surface area contributed by atoms with E-state index in [0.717, 1.165) is 26.2 Å². The zero-order valence-electron chi connectivity index (χ0n) is 19.6. The SMILES string of the molecule is CC(C)CN(CC(C)C)C(=O)C1CC=CCC1C(=O)N(CC(C)C)CC(C)C. The molecule has 0 bridgehead atoms. The highest BCUT2D eigenvalue weighted by atomic mass is 16.2. The van der Waals surface area contributed by atoms with Crippen LogP contribution < -0.4 is 0 Å². The predicted molar refractivity (Wildman–Crippen MR) is 118 cm³/mol. The van der Waals surface area contributed by atoms with E-state index in [-0.39, 0.29) is 23.7 Å². The van der Waals surface area contributed by atoms with Gasteiger partial charge in [-0.1, -0.05) is 67.5 Å². The van der Waals surface area contributed by atoms with Crippen LogP contribution in [0.15, 0.2) is 12.2 Å². The van der Waals surface area contributed by atoms with Crippen molar-refractivity contribution < 1.29 is 9.59 Å². The van der Waals surface area contributed by atoms with Crippen LogP contribution in [0.5, 0.6) is 0 Å². The molecule has 4 heteroatoms. The number of rotatable bonds is 10. The summed E-state index contributed by atoms with van der Waals surface area (Å²) in [6.07, 6.45) is 5.53. The van der Waals surface area contributed by atoms with Crippen LogP contribution in [0.25, 0.3) is 0 Å². The van der Waals surface area contributed by atoms with Crippen LogP contribution in [-0.2, 0) is 9.59 Å². The Morgan fingerprint density at radius 3 is 1.11 bits per heavy atom. The number of carbonyl (C=O) groups excluding carboxylic acids is 2. The second-order valence-corrected chi connectivity index (χ2v) is 10.2. The van der Waals surface area contributed by atoms with Gasteiger partial charge in [-0.15, -0.1) is 0 Å². The molecule has 28 heavy (non-hydrogen) atoms. The highest BCUT2D eigenvalue weighted by Crippen LogP contribution is 2.30. The van der Waals surface area contributed by atoms with Crippen molar-refractivity contribution in [3.05, 3.63) is 12.2 Å². The lowest BCUT2D eigenvalue weighted by atomic mass is 9.80. The van der Waals surface area contributed by atoms with Gasteiger partial charge in [-0.25, -0.2) is 0 Å². The van der Waals surface area contributed by atoms with Crippen LogP contribution in [-0.4, -0.2) is 47.8 Å². The van der Waals surface area contributed by atoms with Gasteiger partial charge in [0.25, 0.3) is 0 Å². The maximum atomic E-state index is 13.5. The molecule has 0 aliphatic heterocycles. The van der Waals surface area contributed by atoms with E-state index in [1.54, 1.807) is 0 Å². The van der Waals surface area contributed by atoms with E-state index in [0.29, 0.717) is 36.5 Å². The lowest BCUT2D eigenvalue weighted by Gasteiger charge is -2.37. The van der Waals surface area contributed by atoms with Crippen LogP contribution in [0.2, 0.25) is 0 Å². The van der Waals surface area contributed by atoms with Crippen molar-refractivity contribution in [3.8, 4) is 0 Å². The number of nitrogens with zero attached hydrogens (tertiary/aromatic N) is 2. The van der Waals surface area contributed by atoms with Crippen LogP contribution >= 0.6 is 0 Å². The van der Waals surface area contributed by atoms with E-state index in [1.165, 1.54) is 0 Å². The summed E-state index contributed by atoms with van der Waals surface area (Å²) in [5.41, 5.74) is 0. The third kappa shape index (κ3) is 7.97. The first kappa shape index (κ1) is 24.7. The smallest absolute Gasteiger partial charge is 0.226 e. The van der Waals surface area contributed by atoms with Crippen molar-refractivity contribution in [3.63, 3.8) is 0 Å². The van der Waals surface area contributed by atoms with Gasteiger partial charge in [0, 0.05) is 26.2 Å². The minimum absolute atomic E-state index is 0.166. The van der Waals surface area contributed by atoms with E-state index < -0.39 is 0 Å². The van der Waals surface area contributed by atoms with Crippen molar-refractivity contribution in [1.29, 1.82) is 0 Å². The summed E-state index contributed by atoms with van der Waals surface area (Å²) < 4.78 is 0. The maximum absolute atomic E-state index is 13.5. The second kappa shape index (κ2) is 11.6. The summed E-state index contributed by atoms with van der Waals surface area (Å²) in [6.45, 7) is 20.3. The molecular formula is C24H44N2O2. The Labute approximate surface area is 173 Å². The fourth-order valence-electron chi connectivity index (χ4n) is 4.10. The van der Waals surface area contributed by atoms with E-state index in [4.69, 9.17) is 0 Å². The number of hydrogen-bond acceptors (Lipinski definition) is 2. The molecule has 0 saturated carbocycles. The van der Waals surface area contributed by atoms with E-state index >= 15 is 0 Å². The number of allylic oxidation sites excluding steroid dienone is 2. The summed E-state index contributed by atoms with van der Waals surface area (Å²) in [7, 11) is 0. The van der Waals surface area contributed by atoms with Gasteiger partial charge in [-0.2, -0.15) is 0 Å². The number of amides is 2. The minimum atomic E-state index is -0.225. The Morgan fingerprint density at radius 2 is 0.893 bits per heavy atom. The molecule has 1 aliphatic carbocycles. The number of hydrogen-bond donors (Lipinski definition) is 0. The van der Waals surface area contributed by atoms with E-state index in [1.807, 2.05) is 9.80 Å². The third-order valence-corrected chi connectivity index (χ3v) is 5.03. The van der Waals surface area contributed by atoms with Gasteiger partial charge >= 0.3 is 0 Å². The molecule has 1 aliphatic rings. The Hall–Kier alpha value is -1.32. The molecule has 0 aromatic heterocycles. The molecule has 2 atom stereocenters. The molecule has 0 N–H and O–H groups in total. The van der Waals surface area contributed by atoms with Crippen molar-refractivity contribution in [2.45, 2.75) is 68.2 Å². The Balaban J connectivity index is 3.05. The number of carbonyl (C=O) groups is 2. The molecule has 0 heterocycles. The lowest BCUT2D eigenvalue weighted by Crippen LogP contribution is -2.48. The molecule has 2 unspecified atom stereocenters. The van der Waals surface area contributed by atoms with Gasteiger partial charge in [-0.05, 0) is 36.5 Å². The van der Waals surface area contributed by atoms with Gasteiger partial charge in [0.2, 0.25) is 11.8 Å². The molecule has 0 aromatic carbocycles. The zero-order chi connectivity index (χ0) is 21.4. The highest BCUT2D eigenvalue weighted by molar-refractivity contribution is 5.88. The zero-order valence-corrected chi connectivity index (χ0v) is 19.6. The van der Waals surface area contributed by atoms with Crippen molar-refractivity contribution in [2.24, 2.45) is 35.5 Å². The fourth-order valence-corrected chi connectivity index (χ4v) is 4.10. The van der Waals surface area contributed by atoms with Gasteiger partial charge in [0.05, 0.1) is 11.8 Å². The van der Waals surface area contributed by atoms with Crippen LogP contribution in [0, 0.1) is 35.5 Å². The first-order valence-corrected chi connectivity index (χ1v) is 11.2. The Morgan fingerprint density at radius 1 is 0.643 bits per heavy atom. The maximum Gasteiger partial charge on any atom is 0.226 e. The van der Waals surface area contributed by atoms with Crippen molar-refractivity contribution in [1.82, 2.24) is 9.80 Å². The first-order chi connectivity index (χ1) is 13.0. The summed E-state index contributed by atoms with van der Waals surface area (Å²) in [6, 6.07) is 0. The molecule has 0 spiro atoms. The van der Waals surface area contributed by atoms with Crippen LogP contribution in [0.4, 0.5) is 0 Å². The van der Waals surface area contributed by atoms with Gasteiger partial charge in [0.15, 0.2) is 0 Å². The highest BCUT2D eigenvalue weighted by Gasteiger charge is 2.38. The largest absolute Gasteiger partial charge is 0.342 e. The molecule has 0 radical (unpaired) electrons. The molecule has 2 amide bonds. The predicted octanol–water partition coefficient (Wildman–Crippen LogP) is 4.85. The fraction of sp³-hybridized carbons (Fsp3) is 0.833. The van der Waals surface area contributed by atoms with Crippen LogP contribution in [0.1, 0.15) is 68.2 Å². The summed E-state index contributed by atoms with van der Waals surface area (Å²) in [4.78, 5) is 31.0. The first-order valence-electron chi connectivity index (χ1n) is 11.2. The Kier molecular flexibility index (Phi) is 10.3. The molecule has 162 valence electrons. The molecule has 0 fully saturated rings. The second-order valence-electron chi connectivity index (χ2n) is 10.2. The average molecular weight is 393 g/mol. The average Bonchev–Trinajstić information content (AvgIpc) is 2.57. The quantitative estimate of drug-likeness (QED) is 0.499. The van der Waals surface area contributed by atoms with E-state index in [9.17, 15) is 9.59 Å². The van der Waals surface area contributed by atoms with E-state index in [2.05, 4.69) is 67.5 Å². The van der Waals surface area contributed by atoms with Gasteiger partial charge < -0.3 is 9.80 Å². The van der Waals surface area contributed by atoms with Crippen molar-refractivity contribution in [2.75, 3.05) is 26.2 Å². The molecule has 0 aromatic rings. The summed E-state index contributed by atoms with van der Waals surface area (Å²) in [5, 5.41) is 0. The molecule has 4 nitrogen and oxygen atoms in total. The third-order valence-electron chi connectivity index (χ3n) is 5.03. The monoisotopic (exact) mass is 392 g/mol. The molecule has 1 rings (SSSR count). The van der Waals surface area contributed by atoms with Gasteiger partial charge in [-0.3, -0.25) is 9.59 Å². The molecular weight excluding hydrogens is 348 g/mol. The minimum Gasteiger partial charge on any atom is -0.342 e.